The number of hydrogen-bond donors (Lipinski definition) is 0. The number of benzene rings is 1. The van der Waals surface area contributed by atoms with E-state index in [2.05, 4.69) is 54.4 Å². The van der Waals surface area contributed by atoms with E-state index in [0.717, 1.165) is 31.3 Å². The van der Waals surface area contributed by atoms with Crippen LogP contribution in [0.1, 0.15) is 25.7 Å². The number of para-hydroxylation sites is 1. The molecule has 0 fully saturated rings. The lowest BCUT2D eigenvalue weighted by atomic mass is 9.77. The van der Waals surface area contributed by atoms with Gasteiger partial charge in [0.25, 0.3) is 0 Å². The van der Waals surface area contributed by atoms with E-state index in [1.165, 1.54) is 26.8 Å². The average molecular weight is 357 g/mol. The van der Waals surface area contributed by atoms with Gasteiger partial charge in [-0.25, -0.2) is 0 Å². The van der Waals surface area contributed by atoms with E-state index in [1.54, 1.807) is 0 Å². The van der Waals surface area contributed by atoms with Gasteiger partial charge in [0.2, 0.25) is 0 Å². The molecule has 1 atom stereocenters. The fraction of sp³-hybridized carbons (Fsp3) is 0.273. The molecule has 0 aromatic heterocycles. The number of allylic oxidation sites excluding steroid dienone is 7. The summed E-state index contributed by atoms with van der Waals surface area (Å²) in [6.07, 6.45) is 10.7. The molecule has 1 aromatic carbocycles. The second kappa shape index (κ2) is 6.90. The number of hydrogen-bond acceptors (Lipinski definition) is 4. The quantitative estimate of drug-likeness (QED) is 0.625. The van der Waals surface area contributed by atoms with Crippen molar-refractivity contribution in [1.29, 1.82) is 10.5 Å². The van der Waals surface area contributed by atoms with Crippen molar-refractivity contribution in [2.75, 3.05) is 11.9 Å². The molecule has 0 saturated carbocycles. The topological polar surface area (TPSA) is 50.8 Å². The first-order valence-corrected chi connectivity index (χ1v) is 9.69. The van der Waals surface area contributed by atoms with Crippen molar-refractivity contribution >= 4 is 17.4 Å². The van der Waals surface area contributed by atoms with Crippen LogP contribution in [-0.4, -0.2) is 7.05 Å². The van der Waals surface area contributed by atoms with Gasteiger partial charge in [0.05, 0.1) is 10.7 Å². The van der Waals surface area contributed by atoms with Crippen LogP contribution in [0.4, 0.5) is 5.69 Å². The lowest BCUT2D eigenvalue weighted by Gasteiger charge is -2.28. The Labute approximate surface area is 158 Å². The van der Waals surface area contributed by atoms with E-state index < -0.39 is 0 Å². The van der Waals surface area contributed by atoms with E-state index in [1.807, 2.05) is 23.9 Å². The molecule has 0 spiro atoms. The third-order valence-corrected chi connectivity index (χ3v) is 6.50. The Morgan fingerprint density at radius 1 is 1.15 bits per heavy atom. The van der Waals surface area contributed by atoms with Gasteiger partial charge in [0, 0.05) is 11.9 Å². The van der Waals surface area contributed by atoms with Gasteiger partial charge in [-0.1, -0.05) is 36.0 Å². The van der Waals surface area contributed by atoms with Gasteiger partial charge >= 0.3 is 0 Å². The molecule has 3 aliphatic rings. The minimum absolute atomic E-state index is 0.261. The number of nitrogens with zero attached hydrogens (tertiary/aromatic N) is 3. The zero-order valence-electron chi connectivity index (χ0n) is 14.7. The first-order chi connectivity index (χ1) is 12.7. The fourth-order valence-electron chi connectivity index (χ4n) is 3.87. The number of anilines is 1. The SMILES string of the molecule is CN1/C(=C/C2=CC3=CC(=C(C#N)C#N)CCC3CC2)Sc2ccccc21. The Morgan fingerprint density at radius 3 is 2.69 bits per heavy atom. The number of fused-ring (bicyclic) bond motifs is 2. The molecular weight excluding hydrogens is 338 g/mol. The Morgan fingerprint density at radius 2 is 1.92 bits per heavy atom. The molecule has 0 N–H and O–H groups in total. The summed E-state index contributed by atoms with van der Waals surface area (Å²) in [4.78, 5) is 3.54. The first-order valence-electron chi connectivity index (χ1n) is 8.87. The van der Waals surface area contributed by atoms with Gasteiger partial charge in [-0.15, -0.1) is 0 Å². The molecule has 0 amide bonds. The summed E-state index contributed by atoms with van der Waals surface area (Å²) in [5, 5.41) is 19.5. The van der Waals surface area contributed by atoms with Crippen molar-refractivity contribution in [3.8, 4) is 12.1 Å². The second-order valence-electron chi connectivity index (χ2n) is 6.87. The van der Waals surface area contributed by atoms with Gasteiger partial charge in [0.15, 0.2) is 0 Å². The standard InChI is InChI=1S/C22H19N3S/c1-25-20-4-2-3-5-21(20)26-22(25)11-15-6-7-16-8-9-17(12-18(16)10-15)19(13-23)14-24/h2-5,10-12,16H,6-9H2,1H3/b22-11-. The first kappa shape index (κ1) is 16.8. The lowest BCUT2D eigenvalue weighted by molar-refractivity contribution is 0.502. The van der Waals surface area contributed by atoms with Crippen molar-refractivity contribution < 1.29 is 0 Å². The largest absolute Gasteiger partial charge is 0.338 e. The maximum absolute atomic E-state index is 9.14. The smallest absolute Gasteiger partial charge is 0.132 e. The van der Waals surface area contributed by atoms with Crippen LogP contribution in [0.15, 0.2) is 74.7 Å². The van der Waals surface area contributed by atoms with Crippen LogP contribution in [0.3, 0.4) is 0 Å². The molecule has 3 nitrogen and oxygen atoms in total. The van der Waals surface area contributed by atoms with Crippen LogP contribution in [0.5, 0.6) is 0 Å². The van der Waals surface area contributed by atoms with Crippen molar-refractivity contribution in [3.63, 3.8) is 0 Å². The van der Waals surface area contributed by atoms with E-state index >= 15 is 0 Å². The van der Waals surface area contributed by atoms with Crippen LogP contribution in [0.2, 0.25) is 0 Å². The molecule has 0 radical (unpaired) electrons. The highest BCUT2D eigenvalue weighted by Crippen LogP contribution is 2.46. The summed E-state index contributed by atoms with van der Waals surface area (Å²) >= 11 is 1.81. The van der Waals surface area contributed by atoms with Crippen molar-refractivity contribution in [2.24, 2.45) is 5.92 Å². The molecule has 1 heterocycles. The highest BCUT2D eigenvalue weighted by molar-refractivity contribution is 8.03. The number of thioether (sulfide) groups is 1. The van der Waals surface area contributed by atoms with Crippen LogP contribution in [-0.2, 0) is 0 Å². The van der Waals surface area contributed by atoms with Crippen molar-refractivity contribution in [3.05, 3.63) is 69.8 Å². The number of rotatable bonds is 1. The molecule has 1 aromatic rings. The molecule has 0 saturated heterocycles. The Bertz CT molecular complexity index is 950. The molecule has 128 valence electrons. The van der Waals surface area contributed by atoms with E-state index in [-0.39, 0.29) is 5.57 Å². The summed E-state index contributed by atoms with van der Waals surface area (Å²) in [5.41, 5.74) is 5.01. The zero-order chi connectivity index (χ0) is 18.1. The highest BCUT2D eigenvalue weighted by atomic mass is 32.2. The molecule has 2 aliphatic carbocycles. The molecule has 0 bridgehead atoms. The molecule has 1 unspecified atom stereocenters. The van der Waals surface area contributed by atoms with Crippen LogP contribution < -0.4 is 4.90 Å². The lowest BCUT2D eigenvalue weighted by Crippen LogP contribution is -2.14. The minimum atomic E-state index is 0.261. The summed E-state index contributed by atoms with van der Waals surface area (Å²) in [6, 6.07) is 12.5. The third-order valence-electron chi connectivity index (χ3n) is 5.33. The average Bonchev–Trinajstić information content (AvgIpc) is 2.98. The third kappa shape index (κ3) is 2.98. The van der Waals surface area contributed by atoms with Crippen LogP contribution >= 0.6 is 11.8 Å². The monoisotopic (exact) mass is 357 g/mol. The minimum Gasteiger partial charge on any atom is -0.338 e. The molecule has 1 aliphatic heterocycles. The fourth-order valence-corrected chi connectivity index (χ4v) is 5.00. The summed E-state index contributed by atoms with van der Waals surface area (Å²) in [5.74, 6) is 0.561. The molecule has 4 rings (SSSR count). The maximum Gasteiger partial charge on any atom is 0.132 e. The van der Waals surface area contributed by atoms with E-state index in [4.69, 9.17) is 10.5 Å². The van der Waals surface area contributed by atoms with Gasteiger partial charge < -0.3 is 4.90 Å². The normalized spacial score (nSPS) is 22.7. The Kier molecular flexibility index (Phi) is 4.45. The number of nitriles is 2. The Hall–Kier alpha value is -2.69. The van der Waals surface area contributed by atoms with E-state index in [9.17, 15) is 0 Å². The molecule has 26 heavy (non-hydrogen) atoms. The predicted octanol–water partition coefficient (Wildman–Crippen LogP) is 5.47. The summed E-state index contributed by atoms with van der Waals surface area (Å²) in [7, 11) is 2.11. The van der Waals surface area contributed by atoms with Crippen LogP contribution in [0, 0.1) is 28.6 Å². The molecule has 4 heteroatoms. The highest BCUT2D eigenvalue weighted by Gasteiger charge is 2.26. The predicted molar refractivity (Wildman–Crippen MR) is 105 cm³/mol. The van der Waals surface area contributed by atoms with Gasteiger partial charge in [-0.2, -0.15) is 10.5 Å². The van der Waals surface area contributed by atoms with Crippen molar-refractivity contribution in [1.82, 2.24) is 0 Å². The zero-order valence-corrected chi connectivity index (χ0v) is 15.5. The second-order valence-corrected chi connectivity index (χ2v) is 7.94. The van der Waals surface area contributed by atoms with Crippen molar-refractivity contribution in [2.45, 2.75) is 30.6 Å². The molecular formula is C22H19N3S. The summed E-state index contributed by atoms with van der Waals surface area (Å²) in [6.45, 7) is 0. The van der Waals surface area contributed by atoms with Gasteiger partial charge in [0.1, 0.15) is 17.7 Å². The summed E-state index contributed by atoms with van der Waals surface area (Å²) < 4.78 is 0. The Balaban J connectivity index is 1.65. The van der Waals surface area contributed by atoms with Gasteiger partial charge in [-0.05, 0) is 66.5 Å². The maximum atomic E-state index is 9.14. The van der Waals surface area contributed by atoms with Gasteiger partial charge in [-0.3, -0.25) is 0 Å². The van der Waals surface area contributed by atoms with Crippen LogP contribution in [0.25, 0.3) is 0 Å². The van der Waals surface area contributed by atoms with E-state index in [0.29, 0.717) is 5.92 Å².